The number of carbonyl (C=O) groups excluding carboxylic acids is 2. The molecule has 1 spiro atoms. The quantitative estimate of drug-likeness (QED) is 0.216. The zero-order chi connectivity index (χ0) is 33.9. The lowest BCUT2D eigenvalue weighted by atomic mass is 9.99. The monoisotopic (exact) mass is 677 g/mol. The summed E-state index contributed by atoms with van der Waals surface area (Å²) in [5.74, 6) is -1.67. The number of halogens is 4. The zero-order valence-corrected chi connectivity index (χ0v) is 26.0. The number of hydrogen-bond acceptors (Lipinski definition) is 8. The number of aliphatic carboxylic acids is 1. The van der Waals surface area contributed by atoms with E-state index in [4.69, 9.17) is 30.9 Å². The molecule has 1 atom stereocenters. The Hall–Kier alpha value is -4.85. The lowest BCUT2D eigenvalue weighted by molar-refractivity contribution is -0.274. The molecule has 5 rings (SSSR count). The first-order valence-corrected chi connectivity index (χ1v) is 14.8. The second kappa shape index (κ2) is 13.5. The van der Waals surface area contributed by atoms with Crippen LogP contribution in [0.15, 0.2) is 54.6 Å². The van der Waals surface area contributed by atoms with Gasteiger partial charge in [-0.1, -0.05) is 23.7 Å². The van der Waals surface area contributed by atoms with E-state index < -0.39 is 42.5 Å². The van der Waals surface area contributed by atoms with Gasteiger partial charge in [-0.3, -0.25) is 14.4 Å². The van der Waals surface area contributed by atoms with Crippen molar-refractivity contribution in [3.05, 3.63) is 70.7 Å². The van der Waals surface area contributed by atoms with E-state index in [0.29, 0.717) is 33.5 Å². The minimum Gasteiger partial charge on any atom is -0.497 e. The number of nitrogens with zero attached hydrogens (tertiary/aromatic N) is 1. The van der Waals surface area contributed by atoms with E-state index in [9.17, 15) is 27.6 Å². The van der Waals surface area contributed by atoms with Crippen molar-refractivity contribution in [2.45, 2.75) is 37.1 Å². The lowest BCUT2D eigenvalue weighted by Crippen LogP contribution is -2.38. The van der Waals surface area contributed by atoms with Crippen LogP contribution in [-0.2, 0) is 19.8 Å². The van der Waals surface area contributed by atoms with Gasteiger partial charge < -0.3 is 39.6 Å². The molecule has 3 aromatic carbocycles. The van der Waals surface area contributed by atoms with Crippen LogP contribution in [0.2, 0.25) is 5.02 Å². The highest BCUT2D eigenvalue weighted by Crippen LogP contribution is 2.57. The second-order valence-corrected chi connectivity index (χ2v) is 11.5. The zero-order valence-electron chi connectivity index (χ0n) is 25.3. The summed E-state index contributed by atoms with van der Waals surface area (Å²) in [4.78, 5) is 38.6. The molecule has 0 saturated heterocycles. The highest BCUT2D eigenvalue weighted by Gasteiger charge is 2.54. The number of rotatable bonds is 13. The molecule has 3 aromatic rings. The molecule has 1 aliphatic carbocycles. The van der Waals surface area contributed by atoms with Gasteiger partial charge in [-0.05, 0) is 36.6 Å². The SMILES string of the molecule is COc1cc(NC(C(=O)N2CC3(CC3)c3ccc(OC(F)(F)F)cc32)c2ccc(Cl)cc2OC)cc(OCCC(=O)NCC(=O)O)c1. The third kappa shape index (κ3) is 7.94. The van der Waals surface area contributed by atoms with Crippen molar-refractivity contribution in [1.29, 1.82) is 0 Å². The van der Waals surface area contributed by atoms with Crippen LogP contribution in [-0.4, -0.2) is 63.2 Å². The molecule has 0 aromatic heterocycles. The lowest BCUT2D eigenvalue weighted by Gasteiger charge is -2.28. The number of methoxy groups -OCH3 is 2. The van der Waals surface area contributed by atoms with Gasteiger partial charge >= 0.3 is 12.3 Å². The maximum atomic E-state index is 14.5. The molecule has 250 valence electrons. The molecule has 1 unspecified atom stereocenters. The Kier molecular flexibility index (Phi) is 9.61. The number of carbonyl (C=O) groups is 3. The molecule has 0 radical (unpaired) electrons. The van der Waals surface area contributed by atoms with Crippen LogP contribution in [0, 0.1) is 0 Å². The minimum atomic E-state index is -4.91. The number of amides is 2. The topological polar surface area (TPSA) is 136 Å². The van der Waals surface area contributed by atoms with Gasteiger partial charge in [0.1, 0.15) is 35.6 Å². The first-order chi connectivity index (χ1) is 22.3. The highest BCUT2D eigenvalue weighted by atomic mass is 35.5. The Bertz CT molecular complexity index is 1680. The predicted molar refractivity (Wildman–Crippen MR) is 165 cm³/mol. The van der Waals surface area contributed by atoms with Crippen molar-refractivity contribution in [1.82, 2.24) is 5.32 Å². The maximum absolute atomic E-state index is 14.5. The summed E-state index contributed by atoms with van der Waals surface area (Å²) in [7, 11) is 2.86. The van der Waals surface area contributed by atoms with Gasteiger partial charge in [-0.2, -0.15) is 0 Å². The van der Waals surface area contributed by atoms with Crippen molar-refractivity contribution in [3.63, 3.8) is 0 Å². The standard InChI is InChI=1S/C32H31ClF3N3O8/c1-44-21-12-19(13-22(14-21)46-10-7-27(40)37-16-28(41)42)38-29(23-5-3-18(33)11-26(23)45-2)30(43)39-17-31(8-9-31)24-6-4-20(15-25(24)39)47-32(34,35)36/h3-6,11-15,29,38H,7-10,16-17H2,1-2H3,(H,37,40)(H,41,42). The molecule has 15 heteroatoms. The Morgan fingerprint density at radius 3 is 2.40 bits per heavy atom. The van der Waals surface area contributed by atoms with E-state index in [-0.39, 0.29) is 30.7 Å². The Morgan fingerprint density at radius 2 is 1.74 bits per heavy atom. The van der Waals surface area contributed by atoms with E-state index in [2.05, 4.69) is 15.4 Å². The van der Waals surface area contributed by atoms with Gasteiger partial charge in [0, 0.05) is 52.5 Å². The maximum Gasteiger partial charge on any atom is 0.573 e. The molecule has 0 bridgehead atoms. The number of alkyl halides is 3. The summed E-state index contributed by atoms with van der Waals surface area (Å²) in [5.41, 5.74) is 1.52. The van der Waals surface area contributed by atoms with Gasteiger partial charge in [0.2, 0.25) is 5.91 Å². The number of carboxylic acids is 1. The van der Waals surface area contributed by atoms with Gasteiger partial charge in [0.05, 0.1) is 32.9 Å². The van der Waals surface area contributed by atoms with Crippen molar-refractivity contribution < 1.29 is 51.6 Å². The first-order valence-electron chi connectivity index (χ1n) is 14.4. The second-order valence-electron chi connectivity index (χ2n) is 11.1. The summed E-state index contributed by atoms with van der Waals surface area (Å²) in [6, 6.07) is 12.5. The number of hydrogen-bond donors (Lipinski definition) is 3. The number of benzene rings is 3. The van der Waals surface area contributed by atoms with Crippen LogP contribution in [0.25, 0.3) is 0 Å². The Balaban J connectivity index is 1.47. The van der Waals surface area contributed by atoms with Gasteiger partial charge in [0.15, 0.2) is 0 Å². The normalized spacial score (nSPS) is 15.0. The minimum absolute atomic E-state index is 0.0829. The van der Waals surface area contributed by atoms with E-state index in [0.717, 1.165) is 18.4 Å². The number of carboxylic acid groups (broad SMARTS) is 1. The molecular formula is C32H31ClF3N3O8. The molecule has 1 saturated carbocycles. The number of ether oxygens (including phenoxy) is 4. The largest absolute Gasteiger partial charge is 0.573 e. The summed E-state index contributed by atoms with van der Waals surface area (Å²) in [5, 5.41) is 14.6. The number of fused-ring (bicyclic) bond motifs is 2. The molecule has 1 fully saturated rings. The molecule has 47 heavy (non-hydrogen) atoms. The van der Waals surface area contributed by atoms with Crippen LogP contribution < -0.4 is 34.5 Å². The van der Waals surface area contributed by atoms with Crippen LogP contribution in [0.1, 0.15) is 36.4 Å². The fourth-order valence-electron chi connectivity index (χ4n) is 5.53. The van der Waals surface area contributed by atoms with Crippen molar-refractivity contribution >= 4 is 40.8 Å². The summed E-state index contributed by atoms with van der Waals surface area (Å²) in [6.45, 7) is -0.337. The molecule has 2 aliphatic rings. The summed E-state index contributed by atoms with van der Waals surface area (Å²) in [6.07, 6.45) is -3.48. The fourth-order valence-corrected chi connectivity index (χ4v) is 5.69. The third-order valence-corrected chi connectivity index (χ3v) is 8.10. The van der Waals surface area contributed by atoms with E-state index in [1.165, 1.54) is 31.3 Å². The van der Waals surface area contributed by atoms with Crippen LogP contribution in [0.5, 0.6) is 23.0 Å². The predicted octanol–water partition coefficient (Wildman–Crippen LogP) is 5.46. The van der Waals surface area contributed by atoms with Crippen molar-refractivity contribution in [2.75, 3.05) is 44.1 Å². The van der Waals surface area contributed by atoms with E-state index in [1.54, 1.807) is 42.5 Å². The first kappa shape index (κ1) is 33.5. The average molecular weight is 678 g/mol. The molecular weight excluding hydrogens is 647 g/mol. The Labute approximate surface area is 272 Å². The average Bonchev–Trinajstić information content (AvgIpc) is 3.73. The fraction of sp³-hybridized carbons (Fsp3) is 0.344. The summed E-state index contributed by atoms with van der Waals surface area (Å²) >= 11 is 6.22. The Morgan fingerprint density at radius 1 is 1.00 bits per heavy atom. The third-order valence-electron chi connectivity index (χ3n) is 7.86. The van der Waals surface area contributed by atoms with Gasteiger partial charge in [-0.25, -0.2) is 0 Å². The van der Waals surface area contributed by atoms with Crippen LogP contribution >= 0.6 is 11.6 Å². The van der Waals surface area contributed by atoms with Gasteiger partial charge in [0.25, 0.3) is 5.91 Å². The van der Waals surface area contributed by atoms with Gasteiger partial charge in [-0.15, -0.1) is 13.2 Å². The van der Waals surface area contributed by atoms with Crippen LogP contribution in [0.3, 0.4) is 0 Å². The molecule has 11 nitrogen and oxygen atoms in total. The smallest absolute Gasteiger partial charge is 0.497 e. The van der Waals surface area contributed by atoms with E-state index >= 15 is 0 Å². The number of nitrogens with one attached hydrogen (secondary N) is 2. The highest BCUT2D eigenvalue weighted by molar-refractivity contribution is 6.30. The van der Waals surface area contributed by atoms with Crippen molar-refractivity contribution in [3.8, 4) is 23.0 Å². The molecule has 1 heterocycles. The molecule has 3 N–H and O–H groups in total. The molecule has 1 aliphatic heterocycles. The molecule has 2 amide bonds. The summed E-state index contributed by atoms with van der Waals surface area (Å²) < 4.78 is 60.2. The van der Waals surface area contributed by atoms with Crippen molar-refractivity contribution in [2.24, 2.45) is 0 Å². The van der Waals surface area contributed by atoms with E-state index in [1.807, 2.05) is 0 Å². The number of anilines is 2. The van der Waals surface area contributed by atoms with Crippen LogP contribution in [0.4, 0.5) is 24.5 Å².